The maximum atomic E-state index is 12.4. The van der Waals surface area contributed by atoms with E-state index in [0.29, 0.717) is 35.3 Å². The molecule has 1 N–H and O–H groups in total. The number of rotatable bonds is 6. The fourth-order valence-corrected chi connectivity index (χ4v) is 2.96. The van der Waals surface area contributed by atoms with Crippen molar-refractivity contribution in [2.24, 2.45) is 0 Å². The summed E-state index contributed by atoms with van der Waals surface area (Å²) in [4.78, 5) is 25.7. The highest BCUT2D eigenvalue weighted by Gasteiger charge is 2.30. The van der Waals surface area contributed by atoms with Gasteiger partial charge in [0.2, 0.25) is 0 Å². The van der Waals surface area contributed by atoms with Crippen molar-refractivity contribution in [3.8, 4) is 11.5 Å². The van der Waals surface area contributed by atoms with Crippen LogP contribution in [0, 0.1) is 0 Å². The molecular formula is C21H19ClN2O4S. The number of ether oxygens (including phenoxy) is 2. The van der Waals surface area contributed by atoms with Crippen LogP contribution in [0.15, 0.2) is 48.0 Å². The topological polar surface area (TPSA) is 67.9 Å². The lowest BCUT2D eigenvalue weighted by atomic mass is 10.1. The number of carbonyl (C=O) groups excluding carboxylic acids is 2. The molecule has 2 aromatic carbocycles. The summed E-state index contributed by atoms with van der Waals surface area (Å²) in [6.07, 6.45) is 1.50. The summed E-state index contributed by atoms with van der Waals surface area (Å²) in [5.41, 5.74) is 1.59. The third-order valence-electron chi connectivity index (χ3n) is 4.19. The van der Waals surface area contributed by atoms with Crippen LogP contribution in [0.4, 0.5) is 0 Å². The van der Waals surface area contributed by atoms with E-state index in [1.165, 1.54) is 18.0 Å². The zero-order chi connectivity index (χ0) is 21.0. The summed E-state index contributed by atoms with van der Waals surface area (Å²) in [7, 11) is 1.51. The van der Waals surface area contributed by atoms with E-state index in [1.54, 1.807) is 30.3 Å². The molecule has 1 fully saturated rings. The van der Waals surface area contributed by atoms with Gasteiger partial charge in [-0.3, -0.25) is 19.8 Å². The van der Waals surface area contributed by atoms with Crippen molar-refractivity contribution in [3.63, 3.8) is 0 Å². The molecule has 8 heteroatoms. The van der Waals surface area contributed by atoms with Crippen LogP contribution < -0.4 is 14.8 Å². The maximum absolute atomic E-state index is 12.4. The molecule has 0 bridgehead atoms. The molecule has 0 unspecified atom stereocenters. The Labute approximate surface area is 179 Å². The molecular weight excluding hydrogens is 412 g/mol. The van der Waals surface area contributed by atoms with Crippen molar-refractivity contribution in [2.45, 2.75) is 13.5 Å². The fourth-order valence-electron chi connectivity index (χ4n) is 2.66. The number of thiocarbonyl (C=S) groups is 1. The van der Waals surface area contributed by atoms with E-state index in [9.17, 15) is 9.59 Å². The lowest BCUT2D eigenvalue weighted by Crippen LogP contribution is -2.52. The SMILES string of the molecule is CCOc1cc(/C=C2\C(=O)NC(=S)N(C)C2=O)ccc1OCc1ccc(Cl)cc1. The minimum atomic E-state index is -0.529. The highest BCUT2D eigenvalue weighted by Crippen LogP contribution is 2.30. The number of carbonyl (C=O) groups is 2. The van der Waals surface area contributed by atoms with Crippen LogP contribution in [0.5, 0.6) is 11.5 Å². The number of nitrogens with zero attached hydrogens (tertiary/aromatic N) is 1. The smallest absolute Gasteiger partial charge is 0.265 e. The lowest BCUT2D eigenvalue weighted by Gasteiger charge is -2.25. The second-order valence-electron chi connectivity index (χ2n) is 6.24. The van der Waals surface area contributed by atoms with Gasteiger partial charge in [-0.25, -0.2) is 0 Å². The van der Waals surface area contributed by atoms with Crippen molar-refractivity contribution < 1.29 is 19.1 Å². The molecule has 0 radical (unpaired) electrons. The number of likely N-dealkylation sites (N-methyl/N-ethyl adjacent to an activating group) is 1. The first-order chi connectivity index (χ1) is 13.9. The molecule has 1 aliphatic heterocycles. The number of benzene rings is 2. The third-order valence-corrected chi connectivity index (χ3v) is 4.82. The second-order valence-corrected chi connectivity index (χ2v) is 7.06. The molecule has 3 rings (SSSR count). The van der Waals surface area contributed by atoms with Gasteiger partial charge in [-0.1, -0.05) is 29.8 Å². The molecule has 29 heavy (non-hydrogen) atoms. The van der Waals surface area contributed by atoms with E-state index in [1.807, 2.05) is 19.1 Å². The van der Waals surface area contributed by atoms with E-state index in [2.05, 4.69) is 5.32 Å². The number of hydrogen-bond donors (Lipinski definition) is 1. The van der Waals surface area contributed by atoms with Crippen LogP contribution in [0.1, 0.15) is 18.1 Å². The molecule has 1 heterocycles. The van der Waals surface area contributed by atoms with Crippen molar-refractivity contribution in [3.05, 3.63) is 64.2 Å². The molecule has 0 atom stereocenters. The van der Waals surface area contributed by atoms with Gasteiger partial charge in [0.1, 0.15) is 12.2 Å². The van der Waals surface area contributed by atoms with Crippen LogP contribution in [-0.4, -0.2) is 35.5 Å². The van der Waals surface area contributed by atoms with Gasteiger partial charge in [-0.2, -0.15) is 0 Å². The van der Waals surface area contributed by atoms with Gasteiger partial charge in [0.05, 0.1) is 6.61 Å². The zero-order valence-corrected chi connectivity index (χ0v) is 17.5. The largest absolute Gasteiger partial charge is 0.490 e. The second kappa shape index (κ2) is 9.07. The minimum Gasteiger partial charge on any atom is -0.490 e. The minimum absolute atomic E-state index is 0.00150. The van der Waals surface area contributed by atoms with Gasteiger partial charge >= 0.3 is 0 Å². The number of halogens is 1. The summed E-state index contributed by atoms with van der Waals surface area (Å²) in [5.74, 6) is 0.0870. The summed E-state index contributed by atoms with van der Waals surface area (Å²) < 4.78 is 11.5. The van der Waals surface area contributed by atoms with Gasteiger partial charge in [0.25, 0.3) is 11.8 Å². The van der Waals surface area contributed by atoms with Crippen LogP contribution >= 0.6 is 23.8 Å². The Bertz CT molecular complexity index is 989. The zero-order valence-electron chi connectivity index (χ0n) is 15.9. The summed E-state index contributed by atoms with van der Waals surface area (Å²) in [5, 5.41) is 3.23. The Hall–Kier alpha value is -2.90. The van der Waals surface area contributed by atoms with Crippen LogP contribution in [0.3, 0.4) is 0 Å². The molecule has 150 valence electrons. The Morgan fingerprint density at radius 2 is 1.83 bits per heavy atom. The van der Waals surface area contributed by atoms with Gasteiger partial charge in [0, 0.05) is 12.1 Å². The fraction of sp³-hybridized carbons (Fsp3) is 0.190. The number of hydrogen-bond acceptors (Lipinski definition) is 5. The van der Waals surface area contributed by atoms with Gasteiger partial charge in [-0.15, -0.1) is 0 Å². The van der Waals surface area contributed by atoms with Crippen molar-refractivity contribution >= 4 is 46.8 Å². The van der Waals surface area contributed by atoms with Crippen LogP contribution in [-0.2, 0) is 16.2 Å². The van der Waals surface area contributed by atoms with Gasteiger partial charge in [0.15, 0.2) is 16.6 Å². The number of nitrogens with one attached hydrogen (secondary N) is 1. The average molecular weight is 431 g/mol. The van der Waals surface area contributed by atoms with Crippen LogP contribution in [0.25, 0.3) is 6.08 Å². The standard InChI is InChI=1S/C21H19ClN2O4S/c1-3-27-18-11-14(10-16-19(25)23-21(29)24(2)20(16)26)6-9-17(18)28-12-13-4-7-15(22)8-5-13/h4-11H,3,12H2,1-2H3,(H,23,25,29)/b16-10+. The first-order valence-electron chi connectivity index (χ1n) is 8.88. The Morgan fingerprint density at radius 1 is 1.10 bits per heavy atom. The highest BCUT2D eigenvalue weighted by molar-refractivity contribution is 7.80. The summed E-state index contributed by atoms with van der Waals surface area (Å²) in [6.45, 7) is 2.65. The number of amides is 2. The predicted octanol–water partition coefficient (Wildman–Crippen LogP) is 3.57. The maximum Gasteiger partial charge on any atom is 0.265 e. The van der Waals surface area contributed by atoms with Gasteiger partial charge in [-0.05, 0) is 60.6 Å². The quantitative estimate of drug-likeness (QED) is 0.431. The molecule has 0 spiro atoms. The highest BCUT2D eigenvalue weighted by atomic mass is 35.5. The molecule has 1 aliphatic rings. The van der Waals surface area contributed by atoms with E-state index in [0.717, 1.165) is 5.56 Å². The molecule has 2 aromatic rings. The summed E-state index contributed by atoms with van der Waals surface area (Å²) in [6, 6.07) is 12.6. The van der Waals surface area contributed by atoms with E-state index < -0.39 is 11.8 Å². The molecule has 0 saturated carbocycles. The Kier molecular flexibility index (Phi) is 6.51. The molecule has 6 nitrogen and oxygen atoms in total. The molecule has 0 aromatic heterocycles. The normalized spacial score (nSPS) is 15.5. The molecule has 1 saturated heterocycles. The van der Waals surface area contributed by atoms with Crippen molar-refractivity contribution in [2.75, 3.05) is 13.7 Å². The van der Waals surface area contributed by atoms with E-state index >= 15 is 0 Å². The Morgan fingerprint density at radius 3 is 2.52 bits per heavy atom. The van der Waals surface area contributed by atoms with Crippen LogP contribution in [0.2, 0.25) is 5.02 Å². The van der Waals surface area contributed by atoms with Gasteiger partial charge < -0.3 is 9.47 Å². The lowest BCUT2D eigenvalue weighted by molar-refractivity contribution is -0.128. The Balaban J connectivity index is 1.83. The third kappa shape index (κ3) is 4.93. The summed E-state index contributed by atoms with van der Waals surface area (Å²) >= 11 is 10.9. The van der Waals surface area contributed by atoms with Crippen molar-refractivity contribution in [1.29, 1.82) is 0 Å². The first-order valence-corrected chi connectivity index (χ1v) is 9.67. The first kappa shape index (κ1) is 20.8. The average Bonchev–Trinajstić information content (AvgIpc) is 2.70. The van der Waals surface area contributed by atoms with E-state index in [-0.39, 0.29) is 10.7 Å². The van der Waals surface area contributed by atoms with Crippen molar-refractivity contribution in [1.82, 2.24) is 10.2 Å². The molecule has 0 aliphatic carbocycles. The molecule has 2 amide bonds. The van der Waals surface area contributed by atoms with E-state index in [4.69, 9.17) is 33.3 Å². The monoisotopic (exact) mass is 430 g/mol. The predicted molar refractivity (Wildman–Crippen MR) is 115 cm³/mol.